The topological polar surface area (TPSA) is 36.4 Å². The number of nitrogens with zero attached hydrogens (tertiary/aromatic N) is 2. The highest BCUT2D eigenvalue weighted by Crippen LogP contribution is 2.34. The average molecular weight is 415 g/mol. The highest BCUT2D eigenvalue weighted by molar-refractivity contribution is 5.98. The first-order chi connectivity index (χ1) is 15.2. The van der Waals surface area contributed by atoms with Gasteiger partial charge in [0.25, 0.3) is 0 Å². The van der Waals surface area contributed by atoms with Gasteiger partial charge in [0.2, 0.25) is 0 Å². The van der Waals surface area contributed by atoms with Crippen molar-refractivity contribution >= 4 is 11.1 Å². The fraction of sp³-hybridized carbons (Fsp3) is 0.321. The molecule has 31 heavy (non-hydrogen) atoms. The standard InChI is InChI=1S/C28H34N2O/c1-4-27(22-11-8-7-9-12-22)28(23-15-18-26(31)19-16-23)24-14-17-25(29-21-24)13-10-20-30(5-2)6-3/h7-9,11-12,14-19,21,31H,4-6,10,13,20H2,1-3H3/b28-27-. The lowest BCUT2D eigenvalue weighted by molar-refractivity contribution is 0.299. The third kappa shape index (κ3) is 6.05. The number of rotatable bonds is 10. The lowest BCUT2D eigenvalue weighted by atomic mass is 9.89. The number of aryl methyl sites for hydroxylation is 1. The lowest BCUT2D eigenvalue weighted by Gasteiger charge is -2.18. The largest absolute Gasteiger partial charge is 0.508 e. The van der Waals surface area contributed by atoms with Crippen molar-refractivity contribution in [2.45, 2.75) is 40.0 Å². The summed E-state index contributed by atoms with van der Waals surface area (Å²) >= 11 is 0. The molecule has 0 radical (unpaired) electrons. The van der Waals surface area contributed by atoms with Crippen molar-refractivity contribution in [3.05, 3.63) is 95.3 Å². The maximum Gasteiger partial charge on any atom is 0.115 e. The molecule has 1 N–H and O–H groups in total. The van der Waals surface area contributed by atoms with Crippen molar-refractivity contribution < 1.29 is 5.11 Å². The molecule has 0 spiro atoms. The molecule has 0 atom stereocenters. The Morgan fingerprint density at radius 2 is 1.48 bits per heavy atom. The number of phenols is 1. The molecule has 0 aliphatic rings. The fourth-order valence-electron chi connectivity index (χ4n) is 4.05. The second-order valence-electron chi connectivity index (χ2n) is 7.79. The Morgan fingerprint density at radius 1 is 0.806 bits per heavy atom. The van der Waals surface area contributed by atoms with Crippen LogP contribution in [0.2, 0.25) is 0 Å². The number of hydrogen-bond acceptors (Lipinski definition) is 3. The Labute approximate surface area is 187 Å². The van der Waals surface area contributed by atoms with Gasteiger partial charge in [-0.25, -0.2) is 0 Å². The van der Waals surface area contributed by atoms with Gasteiger partial charge in [-0.2, -0.15) is 0 Å². The van der Waals surface area contributed by atoms with E-state index in [2.05, 4.69) is 62.1 Å². The number of benzene rings is 2. The van der Waals surface area contributed by atoms with Crippen LogP contribution in [0.1, 0.15) is 56.0 Å². The van der Waals surface area contributed by atoms with E-state index in [0.717, 1.165) is 55.7 Å². The summed E-state index contributed by atoms with van der Waals surface area (Å²) in [5.41, 5.74) is 7.02. The number of hydrogen-bond donors (Lipinski definition) is 1. The predicted octanol–water partition coefficient (Wildman–Crippen LogP) is 6.43. The van der Waals surface area contributed by atoms with Crippen molar-refractivity contribution in [1.29, 1.82) is 0 Å². The average Bonchev–Trinajstić information content (AvgIpc) is 2.82. The van der Waals surface area contributed by atoms with E-state index < -0.39 is 0 Å². The maximum absolute atomic E-state index is 9.78. The minimum atomic E-state index is 0.280. The van der Waals surface area contributed by atoms with Crippen LogP contribution < -0.4 is 0 Å². The highest BCUT2D eigenvalue weighted by Gasteiger charge is 2.13. The Balaban J connectivity index is 1.93. The zero-order chi connectivity index (χ0) is 22.1. The Kier molecular flexibility index (Phi) is 8.43. The van der Waals surface area contributed by atoms with Gasteiger partial charge in [0.1, 0.15) is 5.75 Å². The van der Waals surface area contributed by atoms with Crippen LogP contribution >= 0.6 is 0 Å². The number of pyridine rings is 1. The first kappa shape index (κ1) is 22.8. The van der Waals surface area contributed by atoms with E-state index in [0.29, 0.717) is 0 Å². The minimum Gasteiger partial charge on any atom is -0.508 e. The molecule has 1 heterocycles. The van der Waals surface area contributed by atoms with Crippen molar-refractivity contribution in [2.24, 2.45) is 0 Å². The van der Waals surface area contributed by atoms with Crippen molar-refractivity contribution in [3.63, 3.8) is 0 Å². The predicted molar refractivity (Wildman–Crippen MR) is 131 cm³/mol. The Hall–Kier alpha value is -2.91. The summed E-state index contributed by atoms with van der Waals surface area (Å²) in [6.45, 7) is 9.93. The molecule has 3 nitrogen and oxygen atoms in total. The van der Waals surface area contributed by atoms with E-state index in [9.17, 15) is 5.11 Å². The first-order valence-corrected chi connectivity index (χ1v) is 11.4. The number of aromatic nitrogens is 1. The quantitative estimate of drug-likeness (QED) is 0.388. The van der Waals surface area contributed by atoms with E-state index in [1.807, 2.05) is 24.4 Å². The van der Waals surface area contributed by atoms with Crippen LogP contribution in [0.3, 0.4) is 0 Å². The van der Waals surface area contributed by atoms with Gasteiger partial charge >= 0.3 is 0 Å². The summed E-state index contributed by atoms with van der Waals surface area (Å²) in [7, 11) is 0. The van der Waals surface area contributed by atoms with Crippen LogP contribution in [0.25, 0.3) is 11.1 Å². The van der Waals surface area contributed by atoms with E-state index in [1.54, 1.807) is 12.1 Å². The highest BCUT2D eigenvalue weighted by atomic mass is 16.3. The normalized spacial score (nSPS) is 12.1. The fourth-order valence-corrected chi connectivity index (χ4v) is 4.05. The molecule has 0 unspecified atom stereocenters. The van der Waals surface area contributed by atoms with Gasteiger partial charge in [0, 0.05) is 17.5 Å². The molecule has 0 amide bonds. The van der Waals surface area contributed by atoms with Crippen LogP contribution in [0.5, 0.6) is 5.75 Å². The summed E-state index contributed by atoms with van der Waals surface area (Å²) in [4.78, 5) is 7.25. The summed E-state index contributed by atoms with van der Waals surface area (Å²) in [5.74, 6) is 0.280. The second-order valence-corrected chi connectivity index (χ2v) is 7.79. The number of allylic oxidation sites excluding steroid dienone is 1. The van der Waals surface area contributed by atoms with Crippen molar-refractivity contribution in [2.75, 3.05) is 19.6 Å². The van der Waals surface area contributed by atoms with Gasteiger partial charge < -0.3 is 10.0 Å². The van der Waals surface area contributed by atoms with Crippen LogP contribution in [0, 0.1) is 0 Å². The minimum absolute atomic E-state index is 0.280. The molecule has 0 fully saturated rings. The summed E-state index contributed by atoms with van der Waals surface area (Å²) in [6.07, 6.45) is 5.03. The zero-order valence-corrected chi connectivity index (χ0v) is 19.0. The number of aromatic hydroxyl groups is 1. The molecule has 162 valence electrons. The van der Waals surface area contributed by atoms with E-state index in [4.69, 9.17) is 4.98 Å². The molecule has 1 aromatic heterocycles. The van der Waals surface area contributed by atoms with Gasteiger partial charge in [0.15, 0.2) is 0 Å². The van der Waals surface area contributed by atoms with E-state index in [1.165, 1.54) is 16.7 Å². The second kappa shape index (κ2) is 11.5. The van der Waals surface area contributed by atoms with Gasteiger partial charge in [-0.3, -0.25) is 4.98 Å². The molecule has 3 heteroatoms. The smallest absolute Gasteiger partial charge is 0.115 e. The third-order valence-corrected chi connectivity index (χ3v) is 5.85. The molecular weight excluding hydrogens is 380 g/mol. The summed E-state index contributed by atoms with van der Waals surface area (Å²) in [6, 6.07) is 22.4. The molecule has 3 rings (SSSR count). The molecule has 3 aromatic rings. The monoisotopic (exact) mass is 414 g/mol. The Morgan fingerprint density at radius 3 is 2.06 bits per heavy atom. The molecular formula is C28H34N2O. The third-order valence-electron chi connectivity index (χ3n) is 5.85. The van der Waals surface area contributed by atoms with Crippen LogP contribution in [-0.4, -0.2) is 34.6 Å². The van der Waals surface area contributed by atoms with Crippen LogP contribution in [0.15, 0.2) is 72.9 Å². The van der Waals surface area contributed by atoms with Gasteiger partial charge in [0.05, 0.1) is 0 Å². The molecule has 0 aliphatic heterocycles. The molecule has 0 aliphatic carbocycles. The lowest BCUT2D eigenvalue weighted by Crippen LogP contribution is -2.24. The molecule has 0 bridgehead atoms. The van der Waals surface area contributed by atoms with Gasteiger partial charge in [-0.15, -0.1) is 0 Å². The molecule has 0 saturated heterocycles. The van der Waals surface area contributed by atoms with Crippen molar-refractivity contribution in [3.8, 4) is 5.75 Å². The maximum atomic E-state index is 9.78. The molecule has 2 aromatic carbocycles. The van der Waals surface area contributed by atoms with Crippen molar-refractivity contribution in [1.82, 2.24) is 9.88 Å². The molecule has 0 saturated carbocycles. The zero-order valence-electron chi connectivity index (χ0n) is 19.0. The number of phenolic OH excluding ortho intramolecular Hbond substituents is 1. The van der Waals surface area contributed by atoms with Crippen LogP contribution in [-0.2, 0) is 6.42 Å². The first-order valence-electron chi connectivity index (χ1n) is 11.4. The summed E-state index contributed by atoms with van der Waals surface area (Å²) < 4.78 is 0. The van der Waals surface area contributed by atoms with E-state index >= 15 is 0 Å². The summed E-state index contributed by atoms with van der Waals surface area (Å²) in [5, 5.41) is 9.78. The van der Waals surface area contributed by atoms with E-state index in [-0.39, 0.29) is 5.75 Å². The van der Waals surface area contributed by atoms with Crippen LogP contribution in [0.4, 0.5) is 0 Å². The SMILES string of the molecule is CC/C(=C(\c1ccc(O)cc1)c1ccc(CCCN(CC)CC)nc1)c1ccccc1. The Bertz CT molecular complexity index is 956. The van der Waals surface area contributed by atoms with Gasteiger partial charge in [-0.1, -0.05) is 69.3 Å². The van der Waals surface area contributed by atoms with Gasteiger partial charge in [-0.05, 0) is 79.4 Å².